The van der Waals surface area contributed by atoms with Gasteiger partial charge in [0.15, 0.2) is 0 Å². The second-order valence-corrected chi connectivity index (χ2v) is 8.77. The lowest BCUT2D eigenvalue weighted by Crippen LogP contribution is -2.04. The Labute approximate surface area is 184 Å². The lowest BCUT2D eigenvalue weighted by Gasteiger charge is -2.15. The number of hydrogen-bond acceptors (Lipinski definition) is 1. The second kappa shape index (κ2) is 7.45. The summed E-state index contributed by atoms with van der Waals surface area (Å²) in [4.78, 5) is 1.30. The fraction of sp³-hybridized carbons (Fsp3) is 0.185. The topological polar surface area (TPSA) is 0 Å². The van der Waals surface area contributed by atoms with Crippen LogP contribution in [0.1, 0.15) is 29.2 Å². The van der Waals surface area contributed by atoms with Crippen molar-refractivity contribution in [1.82, 2.24) is 0 Å². The minimum Gasteiger partial charge on any atom is -0.166 e. The molecule has 0 radical (unpaired) electrons. The van der Waals surface area contributed by atoms with Crippen LogP contribution in [0.2, 0.25) is 0 Å². The maximum absolute atomic E-state index is 13.1. The maximum atomic E-state index is 13.1. The van der Waals surface area contributed by atoms with Crippen molar-refractivity contribution in [3.05, 3.63) is 89.0 Å². The first-order valence-electron chi connectivity index (χ1n) is 10.3. The molecule has 0 atom stereocenters. The Bertz CT molecular complexity index is 1300. The molecule has 0 aromatic heterocycles. The first-order valence-corrected chi connectivity index (χ1v) is 11.6. The molecule has 0 fully saturated rings. The molecule has 5 rings (SSSR count). The Morgan fingerprint density at radius 1 is 0.903 bits per heavy atom. The molecule has 0 bridgehead atoms. The summed E-state index contributed by atoms with van der Waals surface area (Å²) in [6.07, 6.45) is -0.463. The fourth-order valence-corrected chi connectivity index (χ4v) is 5.41. The van der Waals surface area contributed by atoms with Crippen LogP contribution in [-0.2, 0) is 19.0 Å². The minimum absolute atomic E-state index is 0.617. The van der Waals surface area contributed by atoms with E-state index in [1.165, 1.54) is 50.2 Å². The van der Waals surface area contributed by atoms with Crippen LogP contribution >= 0.6 is 11.8 Å². The predicted molar refractivity (Wildman–Crippen MR) is 124 cm³/mol. The molecule has 0 saturated carbocycles. The van der Waals surface area contributed by atoms with Crippen LogP contribution in [0.15, 0.2) is 71.6 Å². The number of aryl methyl sites for hydroxylation is 1. The van der Waals surface area contributed by atoms with Gasteiger partial charge in [-0.15, -0.1) is 11.8 Å². The summed E-state index contributed by atoms with van der Waals surface area (Å²) in [6, 6.07) is 20.6. The quantitative estimate of drug-likeness (QED) is 0.257. The largest absolute Gasteiger partial charge is 0.416 e. The van der Waals surface area contributed by atoms with Crippen molar-refractivity contribution >= 4 is 22.5 Å². The first-order chi connectivity index (χ1) is 14.9. The third kappa shape index (κ3) is 3.34. The molecule has 4 heteroatoms. The van der Waals surface area contributed by atoms with Gasteiger partial charge in [-0.3, -0.25) is 0 Å². The van der Waals surface area contributed by atoms with Gasteiger partial charge in [-0.25, -0.2) is 0 Å². The molecule has 156 valence electrons. The first kappa shape index (κ1) is 20.2. The van der Waals surface area contributed by atoms with E-state index in [-0.39, 0.29) is 0 Å². The highest BCUT2D eigenvalue weighted by Crippen LogP contribution is 2.47. The molecule has 0 amide bonds. The molecular formula is C27H21F3S. The average molecular weight is 435 g/mol. The van der Waals surface area contributed by atoms with Crippen molar-refractivity contribution < 1.29 is 13.2 Å². The van der Waals surface area contributed by atoms with Crippen LogP contribution in [0, 0.1) is 0 Å². The van der Waals surface area contributed by atoms with Crippen LogP contribution in [0.5, 0.6) is 0 Å². The van der Waals surface area contributed by atoms with E-state index >= 15 is 0 Å². The van der Waals surface area contributed by atoms with Gasteiger partial charge >= 0.3 is 6.18 Å². The number of alkyl halides is 3. The van der Waals surface area contributed by atoms with Gasteiger partial charge < -0.3 is 0 Å². The molecule has 31 heavy (non-hydrogen) atoms. The van der Waals surface area contributed by atoms with Crippen LogP contribution in [0.25, 0.3) is 33.0 Å². The zero-order chi connectivity index (χ0) is 21.8. The lowest BCUT2D eigenvalue weighted by atomic mass is 9.90. The number of fused-ring (bicyclic) bond motifs is 5. The second-order valence-electron chi connectivity index (χ2n) is 7.93. The highest BCUT2D eigenvalue weighted by molar-refractivity contribution is 7.98. The Morgan fingerprint density at radius 2 is 1.65 bits per heavy atom. The van der Waals surface area contributed by atoms with Crippen molar-refractivity contribution in [3.8, 4) is 22.3 Å². The summed E-state index contributed by atoms with van der Waals surface area (Å²) in [5.74, 6) is 0. The molecule has 0 saturated heterocycles. The van der Waals surface area contributed by atoms with Gasteiger partial charge in [0.2, 0.25) is 0 Å². The van der Waals surface area contributed by atoms with Crippen molar-refractivity contribution in [2.45, 2.75) is 30.8 Å². The zero-order valence-electron chi connectivity index (χ0n) is 17.3. The van der Waals surface area contributed by atoms with E-state index in [0.29, 0.717) is 0 Å². The Kier molecular flexibility index (Phi) is 4.86. The van der Waals surface area contributed by atoms with E-state index in [9.17, 15) is 13.2 Å². The summed E-state index contributed by atoms with van der Waals surface area (Å²) in [7, 11) is 0. The summed E-state index contributed by atoms with van der Waals surface area (Å²) >= 11 is 1.77. The molecule has 0 heterocycles. The molecule has 0 aliphatic heterocycles. The van der Waals surface area contributed by atoms with Gasteiger partial charge in [0.25, 0.3) is 0 Å². The van der Waals surface area contributed by atoms with Crippen LogP contribution in [-0.4, -0.2) is 6.26 Å². The van der Waals surface area contributed by atoms with Gasteiger partial charge in [0.05, 0.1) is 5.56 Å². The van der Waals surface area contributed by atoms with E-state index in [2.05, 4.69) is 49.6 Å². The smallest absolute Gasteiger partial charge is 0.166 e. The van der Waals surface area contributed by atoms with Gasteiger partial charge in [-0.2, -0.15) is 13.2 Å². The molecule has 0 unspecified atom stereocenters. The molecule has 1 aliphatic rings. The van der Waals surface area contributed by atoms with E-state index in [1.807, 2.05) is 6.07 Å². The van der Waals surface area contributed by atoms with Crippen molar-refractivity contribution in [3.63, 3.8) is 0 Å². The normalized spacial score (nSPS) is 12.8. The molecule has 0 spiro atoms. The Balaban J connectivity index is 1.76. The Hall–Kier alpha value is -2.72. The molecule has 1 aliphatic carbocycles. The number of thioether (sulfide) groups is 1. The van der Waals surface area contributed by atoms with E-state index in [1.54, 1.807) is 23.9 Å². The van der Waals surface area contributed by atoms with Crippen LogP contribution in [0.3, 0.4) is 0 Å². The van der Waals surface area contributed by atoms with Crippen LogP contribution < -0.4 is 0 Å². The summed E-state index contributed by atoms with van der Waals surface area (Å²) in [5, 5.41) is 2.31. The number of rotatable bonds is 3. The zero-order valence-corrected chi connectivity index (χ0v) is 18.1. The van der Waals surface area contributed by atoms with E-state index < -0.39 is 11.7 Å². The molecule has 0 N–H and O–H groups in total. The summed E-state index contributed by atoms with van der Waals surface area (Å²) in [6.45, 7) is 2.17. The van der Waals surface area contributed by atoms with Crippen molar-refractivity contribution in [2.75, 3.05) is 6.26 Å². The van der Waals surface area contributed by atoms with E-state index in [0.717, 1.165) is 29.4 Å². The lowest BCUT2D eigenvalue weighted by molar-refractivity contribution is -0.137. The van der Waals surface area contributed by atoms with E-state index in [4.69, 9.17) is 0 Å². The SMILES string of the molecule is CCc1cc2c(cc1SC)Cc1c(-c3ccc(C(F)(F)F)cc3)cc3ccccc3c1-2. The number of halogens is 3. The number of benzene rings is 4. The molecule has 4 aromatic rings. The molecule has 4 aromatic carbocycles. The van der Waals surface area contributed by atoms with Crippen LogP contribution in [0.4, 0.5) is 13.2 Å². The highest BCUT2D eigenvalue weighted by atomic mass is 32.2. The third-order valence-electron chi connectivity index (χ3n) is 6.20. The van der Waals surface area contributed by atoms with Crippen molar-refractivity contribution in [1.29, 1.82) is 0 Å². The fourth-order valence-electron chi connectivity index (χ4n) is 4.68. The highest BCUT2D eigenvalue weighted by Gasteiger charge is 2.30. The monoisotopic (exact) mass is 434 g/mol. The molecule has 0 nitrogen and oxygen atoms in total. The van der Waals surface area contributed by atoms with Crippen molar-refractivity contribution in [2.24, 2.45) is 0 Å². The molecular weight excluding hydrogens is 413 g/mol. The Morgan fingerprint density at radius 3 is 2.32 bits per heavy atom. The number of hydrogen-bond donors (Lipinski definition) is 0. The predicted octanol–water partition coefficient (Wildman–Crippen LogP) is 8.38. The average Bonchev–Trinajstić information content (AvgIpc) is 3.15. The van der Waals surface area contributed by atoms with Gasteiger partial charge in [-0.1, -0.05) is 43.3 Å². The summed E-state index contributed by atoms with van der Waals surface area (Å²) in [5.41, 5.74) is 7.54. The standard InChI is InChI=1S/C27H21F3S/c1-3-16-12-23-19(15-25(16)31-2)14-24-22(13-18-6-4-5-7-21(18)26(23)24)17-8-10-20(11-9-17)27(28,29)30/h4-13,15H,3,14H2,1-2H3. The van der Waals surface area contributed by atoms with Gasteiger partial charge in [-0.05, 0) is 99.1 Å². The summed E-state index contributed by atoms with van der Waals surface area (Å²) < 4.78 is 39.2. The maximum Gasteiger partial charge on any atom is 0.416 e. The minimum atomic E-state index is -4.33. The third-order valence-corrected chi connectivity index (χ3v) is 7.02. The van der Waals surface area contributed by atoms with Gasteiger partial charge in [0, 0.05) is 4.90 Å². The van der Waals surface area contributed by atoms with Gasteiger partial charge in [0.1, 0.15) is 0 Å².